The summed E-state index contributed by atoms with van der Waals surface area (Å²) in [6, 6.07) is 2.93. The van der Waals surface area contributed by atoms with Crippen LogP contribution in [0.4, 0.5) is 14.5 Å². The van der Waals surface area contributed by atoms with Crippen molar-refractivity contribution >= 4 is 17.5 Å². The molecule has 0 saturated carbocycles. The minimum atomic E-state index is -0.666. The number of likely N-dealkylation sites (tertiary alicyclic amines) is 1. The zero-order valence-electron chi connectivity index (χ0n) is 11.2. The Morgan fingerprint density at radius 2 is 1.90 bits per heavy atom. The highest BCUT2D eigenvalue weighted by Crippen LogP contribution is 2.21. The molecule has 1 N–H and O–H groups in total. The molecule has 1 saturated heterocycles. The van der Waals surface area contributed by atoms with Crippen LogP contribution in [0.15, 0.2) is 18.2 Å². The highest BCUT2D eigenvalue weighted by atomic mass is 19.1. The number of carbonyl (C=O) groups excluding carboxylic acids is 2. The molecule has 1 aromatic carbocycles. The second kappa shape index (κ2) is 5.98. The zero-order valence-corrected chi connectivity index (χ0v) is 11.2. The highest BCUT2D eigenvalue weighted by Gasteiger charge is 2.26. The number of halogens is 2. The lowest BCUT2D eigenvalue weighted by Gasteiger charge is -2.30. The van der Waals surface area contributed by atoms with Gasteiger partial charge in [0.05, 0.1) is 5.69 Å². The molecule has 108 valence electrons. The summed E-state index contributed by atoms with van der Waals surface area (Å²) in [4.78, 5) is 24.9. The van der Waals surface area contributed by atoms with Crippen molar-refractivity contribution in [2.75, 3.05) is 18.4 Å². The van der Waals surface area contributed by atoms with E-state index in [1.807, 2.05) is 0 Å². The van der Waals surface area contributed by atoms with E-state index in [4.69, 9.17) is 0 Å². The zero-order chi connectivity index (χ0) is 14.7. The van der Waals surface area contributed by atoms with Crippen molar-refractivity contribution in [1.82, 2.24) is 4.90 Å². The van der Waals surface area contributed by atoms with E-state index in [0.29, 0.717) is 25.9 Å². The monoisotopic (exact) mass is 282 g/mol. The van der Waals surface area contributed by atoms with E-state index in [2.05, 4.69) is 5.32 Å². The van der Waals surface area contributed by atoms with Crippen molar-refractivity contribution in [3.63, 3.8) is 0 Å². The molecule has 0 bridgehead atoms. The van der Waals surface area contributed by atoms with E-state index >= 15 is 0 Å². The molecule has 1 aliphatic rings. The smallest absolute Gasteiger partial charge is 0.227 e. The number of benzene rings is 1. The predicted octanol–water partition coefficient (Wildman–Crippen LogP) is 2.16. The van der Waals surface area contributed by atoms with Crippen molar-refractivity contribution in [3.8, 4) is 0 Å². The summed E-state index contributed by atoms with van der Waals surface area (Å²) in [6.07, 6.45) is 1.06. The number of hydrogen-bond donors (Lipinski definition) is 1. The first kappa shape index (κ1) is 14.4. The first-order valence-electron chi connectivity index (χ1n) is 6.49. The third kappa shape index (κ3) is 3.31. The van der Waals surface area contributed by atoms with Gasteiger partial charge in [0, 0.05) is 32.0 Å². The summed E-state index contributed by atoms with van der Waals surface area (Å²) in [5, 5.41) is 2.41. The molecule has 0 aromatic heterocycles. The number of carbonyl (C=O) groups is 2. The van der Waals surface area contributed by atoms with Gasteiger partial charge < -0.3 is 10.2 Å². The quantitative estimate of drug-likeness (QED) is 0.903. The van der Waals surface area contributed by atoms with Gasteiger partial charge in [-0.05, 0) is 25.0 Å². The second-order valence-corrected chi connectivity index (χ2v) is 4.89. The third-order valence-corrected chi connectivity index (χ3v) is 3.50. The van der Waals surface area contributed by atoms with Crippen LogP contribution >= 0.6 is 0 Å². The molecule has 20 heavy (non-hydrogen) atoms. The number of nitrogens with zero attached hydrogens (tertiary/aromatic N) is 1. The summed E-state index contributed by atoms with van der Waals surface area (Å²) in [7, 11) is 0. The molecule has 0 atom stereocenters. The summed E-state index contributed by atoms with van der Waals surface area (Å²) >= 11 is 0. The van der Waals surface area contributed by atoms with Gasteiger partial charge in [-0.2, -0.15) is 0 Å². The van der Waals surface area contributed by atoms with Gasteiger partial charge in [0.1, 0.15) is 11.6 Å². The molecule has 2 amide bonds. The fourth-order valence-corrected chi connectivity index (χ4v) is 2.28. The predicted molar refractivity (Wildman–Crippen MR) is 70.0 cm³/mol. The van der Waals surface area contributed by atoms with Crippen LogP contribution in [-0.2, 0) is 9.59 Å². The molecule has 1 aromatic rings. The van der Waals surface area contributed by atoms with E-state index in [-0.39, 0.29) is 23.4 Å². The van der Waals surface area contributed by atoms with Gasteiger partial charge in [-0.25, -0.2) is 8.78 Å². The Bertz CT molecular complexity index is 526. The Morgan fingerprint density at radius 1 is 1.25 bits per heavy atom. The number of hydrogen-bond acceptors (Lipinski definition) is 2. The van der Waals surface area contributed by atoms with Crippen molar-refractivity contribution in [1.29, 1.82) is 0 Å². The lowest BCUT2D eigenvalue weighted by Crippen LogP contribution is -2.40. The first-order valence-corrected chi connectivity index (χ1v) is 6.49. The van der Waals surface area contributed by atoms with Crippen LogP contribution < -0.4 is 5.32 Å². The number of nitrogens with one attached hydrogen (secondary N) is 1. The molecule has 2 rings (SSSR count). The first-order chi connectivity index (χ1) is 9.47. The summed E-state index contributed by atoms with van der Waals surface area (Å²) < 4.78 is 26.4. The molecule has 1 aliphatic heterocycles. The fourth-order valence-electron chi connectivity index (χ4n) is 2.28. The number of anilines is 1. The molecule has 4 nitrogen and oxygen atoms in total. The summed E-state index contributed by atoms with van der Waals surface area (Å²) in [5.74, 6) is -1.90. The lowest BCUT2D eigenvalue weighted by molar-refractivity contribution is -0.132. The molecule has 0 aliphatic carbocycles. The molecule has 0 radical (unpaired) electrons. The lowest BCUT2D eigenvalue weighted by atomic mass is 9.96. The topological polar surface area (TPSA) is 49.4 Å². The molecule has 0 spiro atoms. The fraction of sp³-hybridized carbons (Fsp3) is 0.429. The van der Waals surface area contributed by atoms with Crippen molar-refractivity contribution in [3.05, 3.63) is 29.8 Å². The van der Waals surface area contributed by atoms with E-state index in [1.165, 1.54) is 6.92 Å². The van der Waals surface area contributed by atoms with Crippen molar-refractivity contribution in [2.24, 2.45) is 5.92 Å². The Hall–Kier alpha value is -1.98. The van der Waals surface area contributed by atoms with Crippen LogP contribution in [-0.4, -0.2) is 29.8 Å². The van der Waals surface area contributed by atoms with Crippen LogP contribution in [0.25, 0.3) is 0 Å². The van der Waals surface area contributed by atoms with Crippen LogP contribution in [0.2, 0.25) is 0 Å². The van der Waals surface area contributed by atoms with E-state index in [1.54, 1.807) is 4.90 Å². The molecular weight excluding hydrogens is 266 g/mol. The molecule has 6 heteroatoms. The van der Waals surface area contributed by atoms with E-state index in [9.17, 15) is 18.4 Å². The van der Waals surface area contributed by atoms with Crippen LogP contribution in [0.1, 0.15) is 19.8 Å². The van der Waals surface area contributed by atoms with Gasteiger partial charge in [-0.1, -0.05) is 0 Å². The van der Waals surface area contributed by atoms with Crippen molar-refractivity contribution < 1.29 is 18.4 Å². The number of piperidine rings is 1. The Morgan fingerprint density at radius 3 is 2.50 bits per heavy atom. The maximum Gasteiger partial charge on any atom is 0.227 e. The standard InChI is InChI=1S/C14H16F2N2O2/c1-9(19)18-6-4-10(5-7-18)14(20)17-13-8-11(15)2-3-12(13)16/h2-3,8,10H,4-7H2,1H3,(H,17,20). The molecule has 1 fully saturated rings. The minimum Gasteiger partial charge on any atom is -0.343 e. The van der Waals surface area contributed by atoms with Gasteiger partial charge in [0.2, 0.25) is 11.8 Å². The highest BCUT2D eigenvalue weighted by molar-refractivity contribution is 5.92. The van der Waals surface area contributed by atoms with E-state index in [0.717, 1.165) is 18.2 Å². The van der Waals surface area contributed by atoms with Crippen molar-refractivity contribution in [2.45, 2.75) is 19.8 Å². The minimum absolute atomic E-state index is 0.0139. The Kier molecular flexibility index (Phi) is 4.32. The van der Waals surface area contributed by atoms with Gasteiger partial charge in [-0.15, -0.1) is 0 Å². The maximum absolute atomic E-state index is 13.4. The number of amides is 2. The normalized spacial score (nSPS) is 16.1. The SMILES string of the molecule is CC(=O)N1CCC(C(=O)Nc2cc(F)ccc2F)CC1. The molecule has 0 unspecified atom stereocenters. The van der Waals surface area contributed by atoms with Gasteiger partial charge >= 0.3 is 0 Å². The van der Waals surface area contributed by atoms with E-state index < -0.39 is 11.6 Å². The van der Waals surface area contributed by atoms with Gasteiger partial charge in [0.25, 0.3) is 0 Å². The third-order valence-electron chi connectivity index (χ3n) is 3.50. The van der Waals surface area contributed by atoms with Crippen LogP contribution in [0, 0.1) is 17.6 Å². The van der Waals surface area contributed by atoms with Gasteiger partial charge in [-0.3, -0.25) is 9.59 Å². The maximum atomic E-state index is 13.4. The second-order valence-electron chi connectivity index (χ2n) is 4.89. The average Bonchev–Trinajstić information content (AvgIpc) is 2.43. The Balaban J connectivity index is 1.96. The van der Waals surface area contributed by atoms with Gasteiger partial charge in [0.15, 0.2) is 0 Å². The van der Waals surface area contributed by atoms with Crippen LogP contribution in [0.5, 0.6) is 0 Å². The summed E-state index contributed by atoms with van der Waals surface area (Å²) in [6.45, 7) is 2.51. The molecular formula is C14H16F2N2O2. The largest absolute Gasteiger partial charge is 0.343 e. The summed E-state index contributed by atoms with van der Waals surface area (Å²) in [5.41, 5.74) is -0.149. The number of rotatable bonds is 2. The average molecular weight is 282 g/mol. The Labute approximate surface area is 115 Å². The van der Waals surface area contributed by atoms with Crippen LogP contribution in [0.3, 0.4) is 0 Å². The molecule has 1 heterocycles.